The molecule has 27 heavy (non-hydrogen) atoms. The molecule has 0 spiro atoms. The number of halogens is 2. The van der Waals surface area contributed by atoms with Crippen molar-refractivity contribution in [2.75, 3.05) is 17.3 Å². The Bertz CT molecular complexity index is 1010. The Labute approximate surface area is 167 Å². The normalized spacial score (nSPS) is 15.6. The lowest BCUT2D eigenvalue weighted by molar-refractivity contribution is 0.0993. The Morgan fingerprint density at radius 1 is 1.00 bits per heavy atom. The van der Waals surface area contributed by atoms with Gasteiger partial charge in [0.05, 0.1) is 12.1 Å². The van der Waals surface area contributed by atoms with Gasteiger partial charge in [0, 0.05) is 27.5 Å². The lowest BCUT2D eigenvalue weighted by Crippen LogP contribution is -2.32. The summed E-state index contributed by atoms with van der Waals surface area (Å²) in [4.78, 5) is 14.8. The van der Waals surface area contributed by atoms with Crippen LogP contribution in [0.15, 0.2) is 66.7 Å². The van der Waals surface area contributed by atoms with Crippen molar-refractivity contribution in [3.8, 4) is 5.75 Å². The van der Waals surface area contributed by atoms with Crippen LogP contribution in [0.1, 0.15) is 22.1 Å². The third kappa shape index (κ3) is 3.22. The van der Waals surface area contributed by atoms with Gasteiger partial charge in [-0.25, -0.2) is 0 Å². The maximum atomic E-state index is 13.1. The number of hydrogen-bond donors (Lipinski definition) is 1. The molecule has 4 nitrogen and oxygen atoms in total. The van der Waals surface area contributed by atoms with E-state index >= 15 is 0 Å². The topological polar surface area (TPSA) is 41.6 Å². The van der Waals surface area contributed by atoms with E-state index in [1.807, 2.05) is 42.5 Å². The average molecular weight is 399 g/mol. The molecule has 0 saturated heterocycles. The molecule has 3 aromatic rings. The molecule has 0 saturated carbocycles. The molecule has 3 aromatic carbocycles. The second-order valence-electron chi connectivity index (χ2n) is 6.14. The SMILES string of the molecule is COc1ccc(NC2c3ccccc3C(=O)N2c2ccc(Cl)cc2)cc1Cl. The number of fused-ring (bicyclic) bond motifs is 1. The van der Waals surface area contributed by atoms with Crippen molar-refractivity contribution < 1.29 is 9.53 Å². The van der Waals surface area contributed by atoms with Gasteiger partial charge < -0.3 is 10.1 Å². The van der Waals surface area contributed by atoms with Crippen LogP contribution in [-0.4, -0.2) is 13.0 Å². The minimum atomic E-state index is -0.362. The first-order chi connectivity index (χ1) is 13.1. The van der Waals surface area contributed by atoms with E-state index in [1.54, 1.807) is 36.3 Å². The van der Waals surface area contributed by atoms with Crippen LogP contribution >= 0.6 is 23.2 Å². The van der Waals surface area contributed by atoms with E-state index in [2.05, 4.69) is 5.32 Å². The average Bonchev–Trinajstić information content (AvgIpc) is 2.95. The van der Waals surface area contributed by atoms with E-state index in [0.29, 0.717) is 21.4 Å². The van der Waals surface area contributed by atoms with Crippen LogP contribution in [0.5, 0.6) is 5.75 Å². The maximum Gasteiger partial charge on any atom is 0.260 e. The Hall–Kier alpha value is -2.69. The van der Waals surface area contributed by atoms with Gasteiger partial charge in [0.2, 0.25) is 0 Å². The quantitative estimate of drug-likeness (QED) is 0.605. The van der Waals surface area contributed by atoms with Gasteiger partial charge in [-0.15, -0.1) is 0 Å². The summed E-state index contributed by atoms with van der Waals surface area (Å²) >= 11 is 12.3. The molecule has 1 N–H and O–H groups in total. The number of nitrogens with zero attached hydrogens (tertiary/aromatic N) is 1. The monoisotopic (exact) mass is 398 g/mol. The molecule has 1 aliphatic heterocycles. The summed E-state index contributed by atoms with van der Waals surface area (Å²) in [7, 11) is 1.57. The fourth-order valence-electron chi connectivity index (χ4n) is 3.24. The van der Waals surface area contributed by atoms with Crippen LogP contribution < -0.4 is 15.0 Å². The Morgan fingerprint density at radius 2 is 1.74 bits per heavy atom. The number of anilines is 2. The van der Waals surface area contributed by atoms with Gasteiger partial charge in [-0.05, 0) is 48.5 Å². The van der Waals surface area contributed by atoms with Crippen molar-refractivity contribution in [3.63, 3.8) is 0 Å². The molecule has 1 aliphatic rings. The first kappa shape index (κ1) is 17.7. The molecule has 1 heterocycles. The van der Waals surface area contributed by atoms with Crippen molar-refractivity contribution in [2.24, 2.45) is 0 Å². The predicted octanol–water partition coefficient (Wildman–Crippen LogP) is 5.77. The van der Waals surface area contributed by atoms with Crippen molar-refractivity contribution in [2.45, 2.75) is 6.17 Å². The zero-order chi connectivity index (χ0) is 19.0. The molecule has 0 aliphatic carbocycles. The number of carbonyl (C=O) groups excluding carboxylic acids is 1. The van der Waals surface area contributed by atoms with Gasteiger partial charge >= 0.3 is 0 Å². The van der Waals surface area contributed by atoms with E-state index in [0.717, 1.165) is 16.9 Å². The predicted molar refractivity (Wildman–Crippen MR) is 109 cm³/mol. The van der Waals surface area contributed by atoms with Gasteiger partial charge in [-0.1, -0.05) is 41.4 Å². The summed E-state index contributed by atoms with van der Waals surface area (Å²) in [5, 5.41) is 4.53. The lowest BCUT2D eigenvalue weighted by atomic mass is 10.1. The van der Waals surface area contributed by atoms with Crippen LogP contribution in [0.2, 0.25) is 10.0 Å². The highest BCUT2D eigenvalue weighted by atomic mass is 35.5. The first-order valence-corrected chi connectivity index (χ1v) is 9.12. The molecule has 1 amide bonds. The Balaban J connectivity index is 1.75. The summed E-state index contributed by atoms with van der Waals surface area (Å²) in [6.07, 6.45) is -0.362. The third-order valence-corrected chi connectivity index (χ3v) is 5.07. The van der Waals surface area contributed by atoms with Gasteiger partial charge in [0.15, 0.2) is 0 Å². The van der Waals surface area contributed by atoms with Gasteiger partial charge in [-0.3, -0.25) is 9.69 Å². The summed E-state index contributed by atoms with van der Waals surface area (Å²) in [5.74, 6) is 0.532. The highest BCUT2D eigenvalue weighted by molar-refractivity contribution is 6.32. The molecule has 0 bridgehead atoms. The van der Waals surface area contributed by atoms with E-state index in [1.165, 1.54) is 0 Å². The van der Waals surface area contributed by atoms with Crippen LogP contribution in [0.25, 0.3) is 0 Å². The van der Waals surface area contributed by atoms with E-state index < -0.39 is 0 Å². The maximum absolute atomic E-state index is 13.1. The summed E-state index contributed by atoms with van der Waals surface area (Å²) in [6.45, 7) is 0. The summed E-state index contributed by atoms with van der Waals surface area (Å²) < 4.78 is 5.21. The zero-order valence-corrected chi connectivity index (χ0v) is 16.0. The van der Waals surface area contributed by atoms with Crippen molar-refractivity contribution in [1.82, 2.24) is 0 Å². The molecule has 0 aromatic heterocycles. The molecule has 1 atom stereocenters. The standard InChI is InChI=1S/C21H16Cl2N2O2/c1-27-19-11-8-14(12-18(19)23)24-20-16-4-2-3-5-17(16)21(26)25(20)15-9-6-13(22)7-10-15/h2-12,20,24H,1H3. The fourth-order valence-corrected chi connectivity index (χ4v) is 3.62. The molecular weight excluding hydrogens is 383 g/mol. The smallest absolute Gasteiger partial charge is 0.260 e. The van der Waals surface area contributed by atoms with Crippen molar-refractivity contribution >= 4 is 40.5 Å². The summed E-state index contributed by atoms with van der Waals surface area (Å²) in [5.41, 5.74) is 3.13. The number of nitrogens with one attached hydrogen (secondary N) is 1. The van der Waals surface area contributed by atoms with Crippen molar-refractivity contribution in [3.05, 3.63) is 87.9 Å². The zero-order valence-electron chi connectivity index (χ0n) is 14.4. The fraction of sp³-hybridized carbons (Fsp3) is 0.0952. The van der Waals surface area contributed by atoms with Crippen molar-refractivity contribution in [1.29, 1.82) is 0 Å². The van der Waals surface area contributed by atoms with E-state index in [4.69, 9.17) is 27.9 Å². The molecule has 6 heteroatoms. The number of rotatable bonds is 4. The van der Waals surface area contributed by atoms with E-state index in [9.17, 15) is 4.79 Å². The van der Waals surface area contributed by atoms with Crippen LogP contribution in [0.3, 0.4) is 0 Å². The first-order valence-electron chi connectivity index (χ1n) is 8.36. The molecular formula is C21H16Cl2N2O2. The molecule has 1 unspecified atom stereocenters. The number of carbonyl (C=O) groups is 1. The largest absolute Gasteiger partial charge is 0.495 e. The molecule has 4 rings (SSSR count). The minimum Gasteiger partial charge on any atom is -0.495 e. The molecule has 0 fully saturated rings. The second-order valence-corrected chi connectivity index (χ2v) is 6.98. The number of amides is 1. The van der Waals surface area contributed by atoms with Gasteiger partial charge in [-0.2, -0.15) is 0 Å². The Kier molecular flexibility index (Phi) is 4.68. The number of ether oxygens (including phenoxy) is 1. The highest BCUT2D eigenvalue weighted by Crippen LogP contribution is 2.39. The third-order valence-electron chi connectivity index (χ3n) is 4.52. The van der Waals surface area contributed by atoms with Gasteiger partial charge in [0.1, 0.15) is 11.9 Å². The number of benzene rings is 3. The van der Waals surface area contributed by atoms with Crippen LogP contribution in [0.4, 0.5) is 11.4 Å². The molecule has 0 radical (unpaired) electrons. The number of hydrogen-bond acceptors (Lipinski definition) is 3. The van der Waals surface area contributed by atoms with Crippen LogP contribution in [0, 0.1) is 0 Å². The Morgan fingerprint density at radius 3 is 2.44 bits per heavy atom. The molecule has 136 valence electrons. The van der Waals surface area contributed by atoms with Crippen LogP contribution in [-0.2, 0) is 0 Å². The van der Waals surface area contributed by atoms with E-state index in [-0.39, 0.29) is 12.1 Å². The summed E-state index contributed by atoms with van der Waals surface area (Å²) in [6, 6.07) is 20.2. The lowest BCUT2D eigenvalue weighted by Gasteiger charge is -2.27. The number of methoxy groups -OCH3 is 1. The minimum absolute atomic E-state index is 0.0648. The van der Waals surface area contributed by atoms with Gasteiger partial charge in [0.25, 0.3) is 5.91 Å². The second kappa shape index (κ2) is 7.14. The highest BCUT2D eigenvalue weighted by Gasteiger charge is 2.37.